The topological polar surface area (TPSA) is 126 Å². The molecule has 0 aliphatic carbocycles. The van der Waals surface area contributed by atoms with Crippen molar-refractivity contribution < 1.29 is 28.8 Å². The molecule has 1 unspecified atom stereocenters. The van der Waals surface area contributed by atoms with E-state index in [9.17, 15) is 19.5 Å². The maximum absolute atomic E-state index is 13.1. The summed E-state index contributed by atoms with van der Waals surface area (Å²) in [7, 11) is 1.25. The third-order valence-corrected chi connectivity index (χ3v) is 6.11. The van der Waals surface area contributed by atoms with Crippen molar-refractivity contribution in [2.45, 2.75) is 26.8 Å². The number of thiophene rings is 1. The van der Waals surface area contributed by atoms with Gasteiger partial charge in [0.15, 0.2) is 5.82 Å². The number of aromatic nitrogens is 2. The zero-order valence-corrected chi connectivity index (χ0v) is 18.0. The number of Topliss-reactive ketones (excluding diaryl/α,β-unsaturated/α-hetero) is 1. The molecular formula is C21H19N3O6S. The van der Waals surface area contributed by atoms with E-state index in [4.69, 9.17) is 9.26 Å². The number of H-pyrrole nitrogens is 1. The average molecular weight is 441 g/mol. The molecule has 0 aromatic carbocycles. The normalized spacial score (nSPS) is 18.1. The van der Waals surface area contributed by atoms with Crippen LogP contribution in [0.15, 0.2) is 33.7 Å². The minimum absolute atomic E-state index is 0.0882. The Morgan fingerprint density at radius 2 is 2.06 bits per heavy atom. The molecule has 0 spiro atoms. The van der Waals surface area contributed by atoms with Gasteiger partial charge in [-0.15, -0.1) is 11.3 Å². The molecule has 9 nitrogen and oxygen atoms in total. The lowest BCUT2D eigenvalue weighted by atomic mass is 9.97. The summed E-state index contributed by atoms with van der Waals surface area (Å²) in [6, 6.07) is 4.22. The lowest BCUT2D eigenvalue weighted by molar-refractivity contribution is -0.132. The number of ketones is 1. The summed E-state index contributed by atoms with van der Waals surface area (Å²) in [5.74, 6) is -2.01. The van der Waals surface area contributed by atoms with Gasteiger partial charge in [-0.1, -0.05) is 11.2 Å². The zero-order chi connectivity index (χ0) is 22.4. The van der Waals surface area contributed by atoms with Gasteiger partial charge in [0.25, 0.3) is 5.78 Å². The summed E-state index contributed by atoms with van der Waals surface area (Å²) in [6.07, 6.45) is 0. The van der Waals surface area contributed by atoms with Crippen molar-refractivity contribution in [3.05, 3.63) is 62.3 Å². The first-order valence-electron chi connectivity index (χ1n) is 9.31. The van der Waals surface area contributed by atoms with Gasteiger partial charge in [-0.3, -0.25) is 14.5 Å². The van der Waals surface area contributed by atoms with Crippen LogP contribution in [0.4, 0.5) is 5.82 Å². The van der Waals surface area contributed by atoms with Gasteiger partial charge >= 0.3 is 11.9 Å². The third-order valence-electron chi connectivity index (χ3n) is 5.18. The van der Waals surface area contributed by atoms with Crippen molar-refractivity contribution in [2.24, 2.45) is 0 Å². The van der Waals surface area contributed by atoms with Crippen LogP contribution in [-0.2, 0) is 14.3 Å². The molecule has 4 rings (SSSR count). The summed E-state index contributed by atoms with van der Waals surface area (Å²) < 4.78 is 9.87. The van der Waals surface area contributed by atoms with Crippen LogP contribution in [0.1, 0.15) is 44.0 Å². The molecular weight excluding hydrogens is 422 g/mol. The number of carbonyl (C=O) groups excluding carboxylic acids is 3. The second-order valence-electron chi connectivity index (χ2n) is 7.10. The number of rotatable bonds is 4. The number of ether oxygens (including phenoxy) is 1. The zero-order valence-electron chi connectivity index (χ0n) is 17.2. The fraction of sp³-hybridized carbons (Fsp3) is 0.238. The van der Waals surface area contributed by atoms with Crippen LogP contribution in [0.2, 0.25) is 0 Å². The Balaban J connectivity index is 1.95. The van der Waals surface area contributed by atoms with Crippen LogP contribution in [0.3, 0.4) is 0 Å². The lowest BCUT2D eigenvalue weighted by Gasteiger charge is -2.21. The van der Waals surface area contributed by atoms with Gasteiger partial charge in [-0.2, -0.15) is 0 Å². The Bertz CT molecular complexity index is 1230. The molecule has 1 atom stereocenters. The van der Waals surface area contributed by atoms with Crippen LogP contribution >= 0.6 is 11.3 Å². The number of nitrogens with zero attached hydrogens (tertiary/aromatic N) is 2. The first-order chi connectivity index (χ1) is 14.8. The molecule has 0 bridgehead atoms. The maximum atomic E-state index is 13.1. The second kappa shape index (κ2) is 7.55. The number of nitrogens with one attached hydrogen (secondary N) is 1. The molecule has 1 amide bonds. The van der Waals surface area contributed by atoms with E-state index in [1.807, 2.05) is 5.38 Å². The molecule has 1 aliphatic heterocycles. The number of esters is 1. The molecule has 0 radical (unpaired) electrons. The second-order valence-corrected chi connectivity index (χ2v) is 8.08. The molecule has 1 saturated heterocycles. The maximum Gasteiger partial charge on any atom is 0.354 e. The highest BCUT2D eigenvalue weighted by Gasteiger charge is 2.49. The summed E-state index contributed by atoms with van der Waals surface area (Å²) in [5, 5.41) is 17.0. The van der Waals surface area contributed by atoms with Crippen LogP contribution in [-0.4, -0.2) is 40.0 Å². The number of aryl methyl sites for hydroxylation is 2. The highest BCUT2D eigenvalue weighted by atomic mass is 32.1. The van der Waals surface area contributed by atoms with Crippen molar-refractivity contribution in [1.82, 2.24) is 10.1 Å². The molecule has 31 heavy (non-hydrogen) atoms. The van der Waals surface area contributed by atoms with Crippen LogP contribution in [0.5, 0.6) is 0 Å². The molecule has 0 saturated carbocycles. The number of aliphatic hydroxyl groups excluding tert-OH is 1. The smallest absolute Gasteiger partial charge is 0.354 e. The van der Waals surface area contributed by atoms with Gasteiger partial charge in [0.05, 0.1) is 12.7 Å². The Kier molecular flexibility index (Phi) is 5.02. The first kappa shape index (κ1) is 20.6. The minimum Gasteiger partial charge on any atom is -0.507 e. The van der Waals surface area contributed by atoms with Gasteiger partial charge in [0.2, 0.25) is 0 Å². The van der Waals surface area contributed by atoms with E-state index < -0.39 is 23.7 Å². The quantitative estimate of drug-likeness (QED) is 0.275. The number of hydrogen-bond donors (Lipinski definition) is 2. The predicted octanol–water partition coefficient (Wildman–Crippen LogP) is 3.40. The van der Waals surface area contributed by atoms with Crippen LogP contribution in [0.25, 0.3) is 5.76 Å². The Labute approximate surface area is 180 Å². The molecule has 2 N–H and O–H groups in total. The fourth-order valence-electron chi connectivity index (χ4n) is 3.80. The number of aromatic amines is 1. The van der Waals surface area contributed by atoms with E-state index in [0.29, 0.717) is 21.9 Å². The van der Waals surface area contributed by atoms with Gasteiger partial charge in [0.1, 0.15) is 23.3 Å². The Morgan fingerprint density at radius 1 is 1.32 bits per heavy atom. The van der Waals surface area contributed by atoms with Crippen LogP contribution < -0.4 is 4.90 Å². The van der Waals surface area contributed by atoms with Crippen molar-refractivity contribution in [1.29, 1.82) is 0 Å². The van der Waals surface area contributed by atoms with Crippen molar-refractivity contribution in [3.8, 4) is 0 Å². The molecule has 160 valence electrons. The van der Waals surface area contributed by atoms with E-state index in [1.54, 1.807) is 39.0 Å². The molecule has 3 aromatic heterocycles. The molecule has 1 aliphatic rings. The Morgan fingerprint density at radius 3 is 2.65 bits per heavy atom. The number of anilines is 1. The molecule has 4 heterocycles. The fourth-order valence-corrected chi connectivity index (χ4v) is 4.62. The molecule has 1 fully saturated rings. The standard InChI is InChI=1S/C21H19N3O6S/c1-9-8-13(23-30-9)24-17(12-6-5-7-31-12)15(19(26)20(24)27)18(25)14-10(2)16(21(28)29-4)22-11(14)3/h5-8,17,22,25H,1-4H3/b18-15+. The minimum atomic E-state index is -0.889. The van der Waals surface area contributed by atoms with Gasteiger partial charge < -0.3 is 19.4 Å². The highest BCUT2D eigenvalue weighted by molar-refractivity contribution is 7.10. The predicted molar refractivity (Wildman–Crippen MR) is 112 cm³/mol. The lowest BCUT2D eigenvalue weighted by Crippen LogP contribution is -2.29. The average Bonchev–Trinajstić information content (AvgIpc) is 3.50. The number of methoxy groups -OCH3 is 1. The molecule has 3 aromatic rings. The van der Waals surface area contributed by atoms with Crippen molar-refractivity contribution in [2.75, 3.05) is 12.0 Å². The van der Waals surface area contributed by atoms with Gasteiger partial charge in [-0.25, -0.2) is 4.79 Å². The van der Waals surface area contributed by atoms with E-state index in [2.05, 4.69) is 10.1 Å². The SMILES string of the molecule is COC(=O)c1[nH]c(C)c(/C(O)=C2\C(=O)C(=O)N(c3cc(C)on3)C2c2cccs2)c1C. The summed E-state index contributed by atoms with van der Waals surface area (Å²) in [5.41, 5.74) is 1.22. The summed E-state index contributed by atoms with van der Waals surface area (Å²) in [4.78, 5) is 42.9. The van der Waals surface area contributed by atoms with Crippen molar-refractivity contribution in [3.63, 3.8) is 0 Å². The van der Waals surface area contributed by atoms with E-state index in [0.717, 1.165) is 0 Å². The van der Waals surface area contributed by atoms with Gasteiger partial charge in [0, 0.05) is 22.2 Å². The van der Waals surface area contributed by atoms with Crippen molar-refractivity contribution >= 4 is 40.6 Å². The van der Waals surface area contributed by atoms with E-state index in [-0.39, 0.29) is 28.4 Å². The molecule has 10 heteroatoms. The van der Waals surface area contributed by atoms with E-state index >= 15 is 0 Å². The number of carbonyl (C=O) groups is 3. The third kappa shape index (κ3) is 3.15. The number of aliphatic hydroxyl groups is 1. The summed E-state index contributed by atoms with van der Waals surface area (Å²) in [6.45, 7) is 4.96. The summed E-state index contributed by atoms with van der Waals surface area (Å²) >= 11 is 1.34. The highest BCUT2D eigenvalue weighted by Crippen LogP contribution is 2.44. The van der Waals surface area contributed by atoms with Gasteiger partial charge in [-0.05, 0) is 37.8 Å². The largest absolute Gasteiger partial charge is 0.507 e. The van der Waals surface area contributed by atoms with Crippen LogP contribution in [0, 0.1) is 20.8 Å². The monoisotopic (exact) mass is 441 g/mol. The Hall–Kier alpha value is -3.66. The first-order valence-corrected chi connectivity index (χ1v) is 10.2. The van der Waals surface area contributed by atoms with E-state index in [1.165, 1.54) is 23.3 Å². The number of amides is 1. The number of hydrogen-bond acceptors (Lipinski definition) is 8.